The molecule has 0 N–H and O–H groups in total. The third-order valence-corrected chi connectivity index (χ3v) is 6.65. The quantitative estimate of drug-likeness (QED) is 0.577. The third-order valence-electron chi connectivity index (χ3n) is 6.65. The Morgan fingerprint density at radius 1 is 1.06 bits per heavy atom. The van der Waals surface area contributed by atoms with E-state index in [1.165, 1.54) is 0 Å². The van der Waals surface area contributed by atoms with E-state index >= 15 is 0 Å². The van der Waals surface area contributed by atoms with Crippen LogP contribution in [0.1, 0.15) is 53.1 Å². The molecule has 0 unspecified atom stereocenters. The molecular weight excluding hydrogens is 433 g/mol. The van der Waals surface area contributed by atoms with Crippen LogP contribution in [0.3, 0.4) is 0 Å². The van der Waals surface area contributed by atoms with Crippen molar-refractivity contribution in [2.24, 2.45) is 5.92 Å². The first-order valence-corrected chi connectivity index (χ1v) is 11.1. The standard InChI is InChI=1S/C23H25F3N6O/c1-12-6-18-20(15-8-17(9-15)23(24,25)26)29-22(30-21(18)28-14(12)3)32-4-5-33-19(11-32)16-7-13(2)31-27-10-16/h6-7,10,15,17,19H,4-5,8-9,11H2,1-3H3/t15-,17-,19-/m1/s1. The number of ether oxygens (including phenoxy) is 1. The van der Waals surface area contributed by atoms with Gasteiger partial charge in [-0.05, 0) is 51.3 Å². The third kappa shape index (κ3) is 4.23. The van der Waals surface area contributed by atoms with E-state index in [0.29, 0.717) is 37.0 Å². The van der Waals surface area contributed by atoms with Crippen LogP contribution in [0.4, 0.5) is 19.1 Å². The molecule has 2 aliphatic rings. The van der Waals surface area contributed by atoms with Crippen LogP contribution in [-0.4, -0.2) is 51.0 Å². The van der Waals surface area contributed by atoms with Crippen LogP contribution in [0.5, 0.6) is 0 Å². The lowest BCUT2D eigenvalue weighted by molar-refractivity contribution is -0.197. The molecule has 33 heavy (non-hydrogen) atoms. The Labute approximate surface area is 189 Å². The molecule has 4 heterocycles. The van der Waals surface area contributed by atoms with Crippen LogP contribution in [0, 0.1) is 26.7 Å². The number of alkyl halides is 3. The van der Waals surface area contributed by atoms with Gasteiger partial charge in [0.05, 0.1) is 36.7 Å². The average Bonchev–Trinajstić information content (AvgIpc) is 2.73. The van der Waals surface area contributed by atoms with Crippen molar-refractivity contribution in [3.8, 4) is 0 Å². The molecule has 1 saturated heterocycles. The van der Waals surface area contributed by atoms with E-state index in [2.05, 4.69) is 15.2 Å². The summed E-state index contributed by atoms with van der Waals surface area (Å²) in [7, 11) is 0. The highest BCUT2D eigenvalue weighted by Crippen LogP contribution is 2.50. The Hall–Kier alpha value is -2.88. The number of rotatable bonds is 3. The zero-order valence-electron chi connectivity index (χ0n) is 18.7. The fourth-order valence-electron chi connectivity index (χ4n) is 4.52. The maximum absolute atomic E-state index is 13.1. The van der Waals surface area contributed by atoms with Crippen molar-refractivity contribution in [1.82, 2.24) is 25.1 Å². The maximum atomic E-state index is 13.1. The smallest absolute Gasteiger partial charge is 0.370 e. The SMILES string of the molecule is Cc1cc([C@H]2CN(c3nc4nc(C)c(C)cc4c([C@H]4C[C@H](C(F)(F)F)C4)n3)CCO2)cnn1. The highest BCUT2D eigenvalue weighted by molar-refractivity contribution is 5.80. The summed E-state index contributed by atoms with van der Waals surface area (Å²) in [6.45, 7) is 7.29. The van der Waals surface area contributed by atoms with Crippen LogP contribution in [0.25, 0.3) is 11.0 Å². The van der Waals surface area contributed by atoms with Gasteiger partial charge < -0.3 is 9.64 Å². The largest absolute Gasteiger partial charge is 0.391 e. The van der Waals surface area contributed by atoms with Gasteiger partial charge in [-0.2, -0.15) is 28.4 Å². The van der Waals surface area contributed by atoms with E-state index in [-0.39, 0.29) is 24.9 Å². The maximum Gasteiger partial charge on any atom is 0.391 e. The Bertz CT molecular complexity index is 1190. The molecule has 0 aromatic carbocycles. The van der Waals surface area contributed by atoms with Crippen molar-refractivity contribution in [2.45, 2.75) is 51.8 Å². The minimum Gasteiger partial charge on any atom is -0.370 e. The van der Waals surface area contributed by atoms with Gasteiger partial charge in [-0.15, -0.1) is 0 Å². The topological polar surface area (TPSA) is 76.9 Å². The minimum atomic E-state index is -4.17. The van der Waals surface area contributed by atoms with Crippen molar-refractivity contribution in [2.75, 3.05) is 24.6 Å². The monoisotopic (exact) mass is 458 g/mol. The summed E-state index contributed by atoms with van der Waals surface area (Å²) in [5.41, 5.74) is 4.73. The molecule has 2 fully saturated rings. The summed E-state index contributed by atoms with van der Waals surface area (Å²) in [4.78, 5) is 16.2. The van der Waals surface area contributed by atoms with Crippen molar-refractivity contribution in [3.05, 3.63) is 46.5 Å². The van der Waals surface area contributed by atoms with Gasteiger partial charge in [-0.3, -0.25) is 0 Å². The highest BCUT2D eigenvalue weighted by atomic mass is 19.4. The Morgan fingerprint density at radius 3 is 2.58 bits per heavy atom. The van der Waals surface area contributed by atoms with E-state index in [9.17, 15) is 13.2 Å². The summed E-state index contributed by atoms with van der Waals surface area (Å²) < 4.78 is 45.4. The lowest BCUT2D eigenvalue weighted by atomic mass is 9.72. The molecular formula is C23H25F3N6O. The molecule has 0 radical (unpaired) electrons. The Kier molecular flexibility index (Phi) is 5.43. The minimum absolute atomic E-state index is 0.0513. The van der Waals surface area contributed by atoms with Crippen molar-refractivity contribution in [1.29, 1.82) is 0 Å². The molecule has 1 saturated carbocycles. The molecule has 174 valence electrons. The normalized spacial score (nSPS) is 23.6. The van der Waals surface area contributed by atoms with E-state index < -0.39 is 12.1 Å². The van der Waals surface area contributed by atoms with Gasteiger partial charge in [0.25, 0.3) is 0 Å². The zero-order valence-corrected chi connectivity index (χ0v) is 18.7. The van der Waals surface area contributed by atoms with Crippen LogP contribution in [-0.2, 0) is 4.74 Å². The van der Waals surface area contributed by atoms with Crippen molar-refractivity contribution >= 4 is 17.0 Å². The number of hydrogen-bond acceptors (Lipinski definition) is 7. The molecule has 1 aliphatic carbocycles. The number of hydrogen-bond donors (Lipinski definition) is 0. The second kappa shape index (κ2) is 8.16. The molecule has 0 bridgehead atoms. The summed E-state index contributed by atoms with van der Waals surface area (Å²) in [6, 6.07) is 3.89. The van der Waals surface area contributed by atoms with Gasteiger partial charge in [0.1, 0.15) is 6.10 Å². The van der Waals surface area contributed by atoms with E-state index in [0.717, 1.165) is 27.9 Å². The fraction of sp³-hybridized carbons (Fsp3) is 0.522. The fourth-order valence-corrected chi connectivity index (χ4v) is 4.52. The van der Waals surface area contributed by atoms with Crippen LogP contribution in [0.2, 0.25) is 0 Å². The Morgan fingerprint density at radius 2 is 1.85 bits per heavy atom. The summed E-state index contributed by atoms with van der Waals surface area (Å²) >= 11 is 0. The number of morpholine rings is 1. The summed E-state index contributed by atoms with van der Waals surface area (Å²) in [5.74, 6) is -1.05. The average molecular weight is 458 g/mol. The number of aryl methyl sites for hydroxylation is 3. The molecule has 5 rings (SSSR count). The van der Waals surface area contributed by atoms with Gasteiger partial charge in [0.15, 0.2) is 5.65 Å². The van der Waals surface area contributed by atoms with E-state index in [4.69, 9.17) is 14.7 Å². The van der Waals surface area contributed by atoms with Crippen LogP contribution < -0.4 is 4.90 Å². The number of halogens is 3. The van der Waals surface area contributed by atoms with Crippen LogP contribution in [0.15, 0.2) is 18.3 Å². The molecule has 1 atom stereocenters. The zero-order chi connectivity index (χ0) is 23.3. The predicted octanol–water partition coefficient (Wildman–Crippen LogP) is 4.37. The number of anilines is 1. The van der Waals surface area contributed by atoms with E-state index in [1.54, 1.807) is 6.20 Å². The van der Waals surface area contributed by atoms with Crippen molar-refractivity contribution in [3.63, 3.8) is 0 Å². The van der Waals surface area contributed by atoms with Crippen molar-refractivity contribution < 1.29 is 17.9 Å². The summed E-state index contributed by atoms with van der Waals surface area (Å²) in [6.07, 6.45) is -2.60. The molecule has 0 amide bonds. The number of fused-ring (bicyclic) bond motifs is 1. The molecule has 7 nitrogen and oxygen atoms in total. The van der Waals surface area contributed by atoms with Gasteiger partial charge >= 0.3 is 6.18 Å². The molecule has 0 spiro atoms. The number of aromatic nitrogens is 5. The molecule has 3 aromatic rings. The lowest BCUT2D eigenvalue weighted by Crippen LogP contribution is -2.40. The number of pyridine rings is 1. The second-order valence-electron chi connectivity index (χ2n) is 9.01. The Balaban J connectivity index is 1.50. The first-order chi connectivity index (χ1) is 15.7. The molecule has 1 aliphatic heterocycles. The van der Waals surface area contributed by atoms with Gasteiger partial charge in [-0.1, -0.05) is 0 Å². The van der Waals surface area contributed by atoms with E-state index in [1.807, 2.05) is 37.8 Å². The first kappa shape index (κ1) is 21.9. The molecule has 10 heteroatoms. The highest BCUT2D eigenvalue weighted by Gasteiger charge is 2.49. The molecule has 3 aromatic heterocycles. The lowest BCUT2D eigenvalue weighted by Gasteiger charge is -2.37. The second-order valence-corrected chi connectivity index (χ2v) is 9.01. The summed E-state index contributed by atoms with van der Waals surface area (Å²) in [5, 5.41) is 8.76. The predicted molar refractivity (Wildman–Crippen MR) is 116 cm³/mol. The number of nitrogens with zero attached hydrogens (tertiary/aromatic N) is 6. The van der Waals surface area contributed by atoms with Gasteiger partial charge in [-0.25, -0.2) is 9.97 Å². The first-order valence-electron chi connectivity index (χ1n) is 11.1. The van der Waals surface area contributed by atoms with Crippen LogP contribution >= 0.6 is 0 Å². The van der Waals surface area contributed by atoms with Gasteiger partial charge in [0, 0.05) is 29.1 Å². The van der Waals surface area contributed by atoms with Gasteiger partial charge in [0.2, 0.25) is 5.95 Å².